The summed E-state index contributed by atoms with van der Waals surface area (Å²) in [5.74, 6) is -2.73. The molecule has 1 unspecified atom stereocenters. The maximum atomic E-state index is 13.3. The van der Waals surface area contributed by atoms with Crippen LogP contribution in [0, 0.1) is 10.1 Å². The predicted molar refractivity (Wildman–Crippen MR) is 102 cm³/mol. The Kier molecular flexibility index (Phi) is 7.32. The lowest BCUT2D eigenvalue weighted by Crippen LogP contribution is -2.41. The average Bonchev–Trinajstić information content (AvgIpc) is 2.69. The van der Waals surface area contributed by atoms with E-state index >= 15 is 0 Å². The van der Waals surface area contributed by atoms with E-state index in [0.29, 0.717) is 0 Å². The van der Waals surface area contributed by atoms with Crippen LogP contribution in [-0.2, 0) is 23.8 Å². The number of hydrogen-bond donors (Lipinski definition) is 0. The van der Waals surface area contributed by atoms with E-state index in [9.17, 15) is 52.3 Å². The third kappa shape index (κ3) is 8.02. The molecule has 2 atom stereocenters. The van der Waals surface area contributed by atoms with E-state index in [4.69, 9.17) is 0 Å². The van der Waals surface area contributed by atoms with Crippen LogP contribution < -0.4 is 4.74 Å². The number of benzene rings is 1. The first-order valence-electron chi connectivity index (χ1n) is 9.28. The molecule has 0 radical (unpaired) electrons. The van der Waals surface area contributed by atoms with E-state index < -0.39 is 81.0 Å². The molecule has 0 aromatic heterocycles. The monoisotopic (exact) mass is 561 g/mol. The fourth-order valence-corrected chi connectivity index (χ4v) is 3.27. The van der Waals surface area contributed by atoms with Crippen LogP contribution in [-0.4, -0.2) is 49.0 Å². The largest absolute Gasteiger partial charge is 0.511 e. The number of ether oxygens (including phenoxy) is 4. The van der Waals surface area contributed by atoms with Crippen molar-refractivity contribution in [2.75, 3.05) is 13.4 Å². The first-order valence-corrected chi connectivity index (χ1v) is 11.2. The summed E-state index contributed by atoms with van der Waals surface area (Å²) in [5.41, 5.74) is -2.34. The van der Waals surface area contributed by atoms with Gasteiger partial charge in [-0.15, -0.1) is 10.1 Å². The van der Waals surface area contributed by atoms with Crippen LogP contribution in [0.25, 0.3) is 6.08 Å². The molecule has 0 saturated heterocycles. The third-order valence-electron chi connectivity index (χ3n) is 4.18. The molecule has 1 aromatic carbocycles. The number of carbonyl (C=O) groups excluding carboxylic acids is 2. The lowest BCUT2D eigenvalue weighted by atomic mass is 10.0. The summed E-state index contributed by atoms with van der Waals surface area (Å²) in [4.78, 5) is 35.3. The van der Waals surface area contributed by atoms with Gasteiger partial charge in [-0.3, -0.25) is 0 Å². The highest BCUT2D eigenvalue weighted by atomic mass is 32.5. The average molecular weight is 561 g/mol. The van der Waals surface area contributed by atoms with Crippen LogP contribution in [0.1, 0.15) is 18.9 Å². The van der Waals surface area contributed by atoms with Crippen molar-refractivity contribution in [3.63, 3.8) is 0 Å². The number of fused-ring (bicyclic) bond motifs is 1. The quantitative estimate of drug-likeness (QED) is 0.123. The summed E-state index contributed by atoms with van der Waals surface area (Å²) in [5, 5.41) is 9.03. The molecule has 1 heterocycles. The minimum Gasteiger partial charge on any atom is -0.475 e. The highest BCUT2D eigenvalue weighted by Gasteiger charge is 2.65. The fraction of sp³-hybridized carbons (Fsp3) is 0.412. The minimum atomic E-state index is -10.2. The Morgan fingerprint density at radius 1 is 1.14 bits per heavy atom. The summed E-state index contributed by atoms with van der Waals surface area (Å²) >= 11 is 0. The third-order valence-corrected chi connectivity index (χ3v) is 5.32. The number of alkyl halides is 3. The summed E-state index contributed by atoms with van der Waals surface area (Å²) in [6.07, 6.45) is -10.7. The summed E-state index contributed by atoms with van der Waals surface area (Å²) < 4.78 is 123. The Bertz CT molecular complexity index is 1080. The van der Waals surface area contributed by atoms with Crippen LogP contribution in [0.4, 0.5) is 37.4 Å². The Balaban J connectivity index is 2.10. The van der Waals surface area contributed by atoms with Gasteiger partial charge < -0.3 is 23.8 Å². The number of esters is 1. The van der Waals surface area contributed by atoms with Gasteiger partial charge in [-0.1, -0.05) is 19.4 Å². The molecule has 1 aliphatic heterocycles. The first-order chi connectivity index (χ1) is 16.2. The van der Waals surface area contributed by atoms with E-state index in [-0.39, 0.29) is 30.7 Å². The standard InChI is InChI=1S/C17H15F8NO9S/c1-9(35-26(29)30)4-5-31-16(28)33-8-32-15(27)12-7-10-6-11(36(21,22,23,24)25)2-3-13(10)34-14(12)17(18,19)20/h2-3,6-7,9,14H,4-5,8H2,1H3/t9?,14-/m0/s1. The van der Waals surface area contributed by atoms with Gasteiger partial charge in [0.05, 0.1) is 12.2 Å². The number of hydrogen-bond acceptors (Lipinski definition) is 9. The molecule has 0 bridgehead atoms. The number of nitrogens with zero attached hydrogens (tertiary/aromatic N) is 1. The van der Waals surface area contributed by atoms with Gasteiger partial charge in [0.25, 0.3) is 5.09 Å². The Morgan fingerprint density at radius 2 is 1.78 bits per heavy atom. The zero-order chi connectivity index (χ0) is 27.6. The van der Waals surface area contributed by atoms with Crippen molar-refractivity contribution in [3.05, 3.63) is 39.4 Å². The molecule has 1 aliphatic rings. The van der Waals surface area contributed by atoms with Crippen LogP contribution in [0.15, 0.2) is 28.7 Å². The van der Waals surface area contributed by atoms with Crippen LogP contribution in [0.3, 0.4) is 0 Å². The van der Waals surface area contributed by atoms with E-state index in [2.05, 4.69) is 23.8 Å². The second-order valence-electron chi connectivity index (χ2n) is 7.03. The van der Waals surface area contributed by atoms with Crippen LogP contribution in [0.5, 0.6) is 5.75 Å². The minimum absolute atomic E-state index is 0.158. The molecule has 0 saturated carbocycles. The Labute approximate surface area is 195 Å². The maximum Gasteiger partial charge on any atom is 0.511 e. The van der Waals surface area contributed by atoms with Crippen LogP contribution in [0.2, 0.25) is 0 Å². The van der Waals surface area contributed by atoms with Crippen molar-refractivity contribution in [3.8, 4) is 5.75 Å². The smallest absolute Gasteiger partial charge is 0.475 e. The molecular weight excluding hydrogens is 546 g/mol. The molecule has 2 rings (SSSR count). The fourth-order valence-electron chi connectivity index (χ4n) is 2.59. The molecule has 0 N–H and O–H groups in total. The lowest BCUT2D eigenvalue weighted by Gasteiger charge is -2.41. The molecule has 204 valence electrons. The highest BCUT2D eigenvalue weighted by molar-refractivity contribution is 8.45. The molecule has 0 aliphatic carbocycles. The molecule has 0 fully saturated rings. The van der Waals surface area contributed by atoms with Crippen molar-refractivity contribution >= 4 is 28.4 Å². The molecular formula is C17H15F8NO9S. The zero-order valence-corrected chi connectivity index (χ0v) is 18.5. The van der Waals surface area contributed by atoms with E-state index in [1.807, 2.05) is 0 Å². The van der Waals surface area contributed by atoms with Crippen molar-refractivity contribution < 1.29 is 71.1 Å². The van der Waals surface area contributed by atoms with Crippen molar-refractivity contribution in [1.29, 1.82) is 0 Å². The van der Waals surface area contributed by atoms with E-state index in [1.54, 1.807) is 0 Å². The van der Waals surface area contributed by atoms with E-state index in [0.717, 1.165) is 0 Å². The SMILES string of the molecule is CC(CCOC(=O)OCOC(=O)C1=Cc2cc(S(F)(F)(F)(F)F)ccc2O[C@@H]1C(F)(F)F)O[N+](=O)[O-]. The second-order valence-corrected chi connectivity index (χ2v) is 9.44. The first kappa shape index (κ1) is 28.7. The van der Waals surface area contributed by atoms with Gasteiger partial charge in [0, 0.05) is 12.0 Å². The molecule has 36 heavy (non-hydrogen) atoms. The van der Waals surface area contributed by atoms with Crippen molar-refractivity contribution in [2.24, 2.45) is 0 Å². The topological polar surface area (TPSA) is 123 Å². The highest BCUT2D eigenvalue weighted by Crippen LogP contribution is 3.02. The molecule has 1 aromatic rings. The molecule has 10 nitrogen and oxygen atoms in total. The van der Waals surface area contributed by atoms with Gasteiger partial charge in [-0.25, -0.2) is 9.59 Å². The number of carbonyl (C=O) groups is 2. The Hall–Kier alpha value is -3.51. The normalized spacial score (nSPS) is 18.2. The summed E-state index contributed by atoms with van der Waals surface area (Å²) in [7, 11) is -10.2. The van der Waals surface area contributed by atoms with E-state index in [1.165, 1.54) is 6.92 Å². The molecule has 0 amide bonds. The summed E-state index contributed by atoms with van der Waals surface area (Å²) in [6, 6.07) is -0.0977. The van der Waals surface area contributed by atoms with Crippen molar-refractivity contribution in [1.82, 2.24) is 0 Å². The van der Waals surface area contributed by atoms with Gasteiger partial charge in [-0.2, -0.15) is 13.2 Å². The van der Waals surface area contributed by atoms with Gasteiger partial charge in [0.2, 0.25) is 12.9 Å². The molecule has 0 spiro atoms. The predicted octanol–water partition coefficient (Wildman–Crippen LogP) is 5.69. The zero-order valence-electron chi connectivity index (χ0n) is 17.6. The van der Waals surface area contributed by atoms with Crippen LogP contribution >= 0.6 is 10.2 Å². The molecule has 19 heteroatoms. The van der Waals surface area contributed by atoms with Crippen molar-refractivity contribution in [2.45, 2.75) is 36.6 Å². The Morgan fingerprint density at radius 3 is 2.33 bits per heavy atom. The second kappa shape index (κ2) is 9.17. The van der Waals surface area contributed by atoms with Gasteiger partial charge >= 0.3 is 28.5 Å². The number of rotatable bonds is 9. The maximum absolute atomic E-state index is 13.3. The van der Waals surface area contributed by atoms with Gasteiger partial charge in [0.15, 0.2) is 0 Å². The van der Waals surface area contributed by atoms with Gasteiger partial charge in [-0.05, 0) is 31.2 Å². The summed E-state index contributed by atoms with van der Waals surface area (Å²) in [6.45, 7) is -0.504. The number of halogens is 8. The lowest BCUT2D eigenvalue weighted by molar-refractivity contribution is -0.767. The van der Waals surface area contributed by atoms with Gasteiger partial charge in [0.1, 0.15) is 16.7 Å².